The molecular formula is C48H88O9. The molecule has 0 radical (unpaired) electrons. The standard InChI is InChI=1S/C48H88O9/c1-3-5-7-9-11-13-15-17-19-20-21-22-24-26-28-30-32-34-36-38-54-40-42(41-55-48-47(53)46(52)45(51)43(39-49)57-48)56-44(50)37-35-33-31-29-27-25-23-18-16-14-12-10-8-6-4-2/h13,15,18-20,23,42-43,45-49,51-53H,3-12,14,16-17,21-22,24-41H2,1-2H3/b15-13-,20-19-,23-18-. The van der Waals surface area contributed by atoms with E-state index in [-0.39, 0.29) is 19.2 Å². The summed E-state index contributed by atoms with van der Waals surface area (Å²) in [5, 5.41) is 40.1. The molecule has 334 valence electrons. The van der Waals surface area contributed by atoms with Gasteiger partial charge in [-0.3, -0.25) is 4.79 Å². The fraction of sp³-hybridized carbons (Fsp3) is 0.854. The van der Waals surface area contributed by atoms with Gasteiger partial charge in [-0.1, -0.05) is 159 Å². The highest BCUT2D eigenvalue weighted by Gasteiger charge is 2.44. The maximum absolute atomic E-state index is 12.8. The van der Waals surface area contributed by atoms with Crippen LogP contribution >= 0.6 is 0 Å². The topological polar surface area (TPSA) is 135 Å². The van der Waals surface area contributed by atoms with Crippen LogP contribution < -0.4 is 0 Å². The summed E-state index contributed by atoms with van der Waals surface area (Å²) in [5.74, 6) is -0.324. The highest BCUT2D eigenvalue weighted by atomic mass is 16.7. The Labute approximate surface area is 349 Å². The third-order valence-electron chi connectivity index (χ3n) is 10.8. The number of allylic oxidation sites excluding steroid dienone is 6. The predicted molar refractivity (Wildman–Crippen MR) is 233 cm³/mol. The maximum atomic E-state index is 12.8. The molecule has 4 N–H and O–H groups in total. The number of aliphatic hydroxyl groups excluding tert-OH is 4. The van der Waals surface area contributed by atoms with Crippen LogP contribution in [0.15, 0.2) is 36.5 Å². The van der Waals surface area contributed by atoms with Gasteiger partial charge in [0.15, 0.2) is 6.29 Å². The van der Waals surface area contributed by atoms with E-state index in [1.165, 1.54) is 128 Å². The molecule has 0 aliphatic carbocycles. The summed E-state index contributed by atoms with van der Waals surface area (Å²) in [5.41, 5.74) is 0. The van der Waals surface area contributed by atoms with Crippen LogP contribution in [0.25, 0.3) is 0 Å². The average molecular weight is 809 g/mol. The van der Waals surface area contributed by atoms with Gasteiger partial charge in [0.05, 0.1) is 19.8 Å². The van der Waals surface area contributed by atoms with Crippen molar-refractivity contribution >= 4 is 5.97 Å². The number of unbranched alkanes of at least 4 members (excludes halogenated alkanes) is 23. The van der Waals surface area contributed by atoms with E-state index in [9.17, 15) is 25.2 Å². The van der Waals surface area contributed by atoms with Gasteiger partial charge in [0.2, 0.25) is 0 Å². The number of aliphatic hydroxyl groups is 4. The van der Waals surface area contributed by atoms with Crippen molar-refractivity contribution in [1.29, 1.82) is 0 Å². The molecular weight excluding hydrogens is 721 g/mol. The van der Waals surface area contributed by atoms with Crippen LogP contribution in [-0.2, 0) is 23.7 Å². The Morgan fingerprint density at radius 1 is 0.561 bits per heavy atom. The van der Waals surface area contributed by atoms with E-state index in [1.807, 2.05) is 0 Å². The van der Waals surface area contributed by atoms with Crippen LogP contribution in [0.5, 0.6) is 0 Å². The van der Waals surface area contributed by atoms with E-state index in [4.69, 9.17) is 18.9 Å². The zero-order valence-corrected chi connectivity index (χ0v) is 36.6. The Kier molecular flexibility index (Phi) is 37.4. The van der Waals surface area contributed by atoms with Crippen molar-refractivity contribution in [2.75, 3.05) is 26.4 Å². The molecule has 1 saturated heterocycles. The fourth-order valence-electron chi connectivity index (χ4n) is 7.05. The molecule has 0 bridgehead atoms. The fourth-order valence-corrected chi connectivity index (χ4v) is 7.05. The number of hydrogen-bond donors (Lipinski definition) is 4. The molecule has 9 nitrogen and oxygen atoms in total. The quantitative estimate of drug-likeness (QED) is 0.0271. The van der Waals surface area contributed by atoms with Crippen molar-refractivity contribution in [3.63, 3.8) is 0 Å². The Hall–Kier alpha value is -1.59. The molecule has 1 aliphatic heterocycles. The van der Waals surface area contributed by atoms with E-state index in [0.717, 1.165) is 51.4 Å². The molecule has 0 spiro atoms. The second kappa shape index (κ2) is 39.8. The van der Waals surface area contributed by atoms with Gasteiger partial charge in [-0.05, 0) is 70.6 Å². The van der Waals surface area contributed by atoms with E-state index in [2.05, 4.69) is 50.3 Å². The largest absolute Gasteiger partial charge is 0.457 e. The summed E-state index contributed by atoms with van der Waals surface area (Å²) < 4.78 is 22.8. The summed E-state index contributed by atoms with van der Waals surface area (Å²) in [6.45, 7) is 4.53. The van der Waals surface area contributed by atoms with Crippen molar-refractivity contribution < 1.29 is 44.2 Å². The van der Waals surface area contributed by atoms with Gasteiger partial charge >= 0.3 is 5.97 Å². The van der Waals surface area contributed by atoms with E-state index in [0.29, 0.717) is 13.0 Å². The molecule has 0 saturated carbocycles. The minimum absolute atomic E-state index is 0.118. The Bertz CT molecular complexity index is 968. The molecule has 0 aromatic rings. The molecule has 1 rings (SSSR count). The zero-order valence-electron chi connectivity index (χ0n) is 36.6. The van der Waals surface area contributed by atoms with Gasteiger partial charge in [-0.15, -0.1) is 0 Å². The van der Waals surface area contributed by atoms with Crippen molar-refractivity contribution in [2.24, 2.45) is 0 Å². The minimum atomic E-state index is -1.54. The first-order chi connectivity index (χ1) is 27.9. The summed E-state index contributed by atoms with van der Waals surface area (Å²) in [4.78, 5) is 12.8. The van der Waals surface area contributed by atoms with E-state index >= 15 is 0 Å². The predicted octanol–water partition coefficient (Wildman–Crippen LogP) is 10.8. The molecule has 1 fully saturated rings. The lowest BCUT2D eigenvalue weighted by molar-refractivity contribution is -0.305. The van der Waals surface area contributed by atoms with Gasteiger partial charge in [0.1, 0.15) is 30.5 Å². The van der Waals surface area contributed by atoms with Crippen LogP contribution in [0.3, 0.4) is 0 Å². The molecule has 6 unspecified atom stereocenters. The van der Waals surface area contributed by atoms with Crippen LogP contribution in [-0.4, -0.2) is 89.6 Å². The number of carbonyl (C=O) groups is 1. The molecule has 6 atom stereocenters. The molecule has 0 amide bonds. The van der Waals surface area contributed by atoms with Gasteiger partial charge in [0, 0.05) is 13.0 Å². The minimum Gasteiger partial charge on any atom is -0.457 e. The normalized spacial score (nSPS) is 20.7. The molecule has 9 heteroatoms. The van der Waals surface area contributed by atoms with E-state index in [1.54, 1.807) is 0 Å². The summed E-state index contributed by atoms with van der Waals surface area (Å²) in [7, 11) is 0. The van der Waals surface area contributed by atoms with Gasteiger partial charge in [0.25, 0.3) is 0 Å². The van der Waals surface area contributed by atoms with Crippen molar-refractivity contribution in [2.45, 2.75) is 237 Å². The summed E-state index contributed by atoms with van der Waals surface area (Å²) in [6, 6.07) is 0. The second-order valence-corrected chi connectivity index (χ2v) is 16.2. The Balaban J connectivity index is 2.25. The number of carbonyl (C=O) groups excluding carboxylic acids is 1. The first kappa shape index (κ1) is 53.4. The van der Waals surface area contributed by atoms with Gasteiger partial charge in [-0.25, -0.2) is 0 Å². The highest BCUT2D eigenvalue weighted by molar-refractivity contribution is 5.69. The SMILES string of the molecule is CCCCCC/C=C\C/C=C\CCCCCCCCCCOCC(COC1OC(CO)C(O)C(O)C1O)OC(=O)CCCCCCC/C=C\CCCCCCCC. The van der Waals surface area contributed by atoms with Crippen LogP contribution in [0, 0.1) is 0 Å². The molecule has 1 aliphatic rings. The lowest BCUT2D eigenvalue weighted by atomic mass is 9.99. The van der Waals surface area contributed by atoms with Crippen molar-refractivity contribution in [3.05, 3.63) is 36.5 Å². The van der Waals surface area contributed by atoms with Crippen molar-refractivity contribution in [1.82, 2.24) is 0 Å². The number of ether oxygens (including phenoxy) is 4. The molecule has 1 heterocycles. The van der Waals surface area contributed by atoms with Crippen LogP contribution in [0.2, 0.25) is 0 Å². The van der Waals surface area contributed by atoms with E-state index < -0.39 is 43.4 Å². The lowest BCUT2D eigenvalue weighted by Gasteiger charge is -2.39. The molecule has 0 aromatic heterocycles. The first-order valence-electron chi connectivity index (χ1n) is 23.6. The summed E-state index contributed by atoms with van der Waals surface area (Å²) >= 11 is 0. The average Bonchev–Trinajstić information content (AvgIpc) is 3.21. The third-order valence-corrected chi connectivity index (χ3v) is 10.8. The second-order valence-electron chi connectivity index (χ2n) is 16.2. The highest BCUT2D eigenvalue weighted by Crippen LogP contribution is 2.22. The summed E-state index contributed by atoms with van der Waals surface area (Å²) in [6.07, 6.45) is 40.2. The van der Waals surface area contributed by atoms with Gasteiger partial charge < -0.3 is 39.4 Å². The Morgan fingerprint density at radius 3 is 1.54 bits per heavy atom. The number of rotatable bonds is 40. The first-order valence-corrected chi connectivity index (χ1v) is 23.6. The smallest absolute Gasteiger partial charge is 0.306 e. The monoisotopic (exact) mass is 809 g/mol. The van der Waals surface area contributed by atoms with Crippen molar-refractivity contribution in [3.8, 4) is 0 Å². The van der Waals surface area contributed by atoms with Crippen LogP contribution in [0.4, 0.5) is 0 Å². The maximum Gasteiger partial charge on any atom is 0.306 e. The lowest BCUT2D eigenvalue weighted by Crippen LogP contribution is -2.59. The zero-order chi connectivity index (χ0) is 41.4. The van der Waals surface area contributed by atoms with Gasteiger partial charge in [-0.2, -0.15) is 0 Å². The Morgan fingerprint density at radius 2 is 1.02 bits per heavy atom. The third kappa shape index (κ3) is 31.0. The molecule has 0 aromatic carbocycles. The molecule has 57 heavy (non-hydrogen) atoms. The van der Waals surface area contributed by atoms with Crippen LogP contribution in [0.1, 0.15) is 200 Å². The number of hydrogen-bond acceptors (Lipinski definition) is 9. The number of esters is 1.